The number of nitrogen functional groups attached to an aromatic ring is 2. The lowest BCUT2D eigenvalue weighted by molar-refractivity contribution is -0.118. The van der Waals surface area contributed by atoms with Gasteiger partial charge in [0.05, 0.1) is 73.3 Å². The lowest BCUT2D eigenvalue weighted by atomic mass is 10.0. The number of benzene rings is 5. The summed E-state index contributed by atoms with van der Waals surface area (Å²) in [7, 11) is 6.27. The van der Waals surface area contributed by atoms with Gasteiger partial charge in [-0.05, 0) is 47.5 Å². The van der Waals surface area contributed by atoms with Gasteiger partial charge in [0.25, 0.3) is 0 Å². The van der Waals surface area contributed by atoms with E-state index in [0.717, 1.165) is 33.4 Å². The third-order valence-electron chi connectivity index (χ3n) is 11.7. The Bertz CT molecular complexity index is 3220. The third-order valence-corrected chi connectivity index (χ3v) is 11.7. The highest BCUT2D eigenvalue weighted by molar-refractivity contribution is 5.89. The molecule has 0 saturated heterocycles. The Labute approximate surface area is 384 Å². The average molecular weight is 903 g/mol. The predicted octanol–water partition coefficient (Wildman–Crippen LogP) is 7.96. The first-order valence-electron chi connectivity index (χ1n) is 21.4. The van der Waals surface area contributed by atoms with E-state index in [9.17, 15) is 15.0 Å². The van der Waals surface area contributed by atoms with Gasteiger partial charge in [-0.15, -0.1) is 0 Å². The molecule has 0 unspecified atom stereocenters. The monoisotopic (exact) mass is 902 g/mol. The molecule has 0 bridgehead atoms. The summed E-state index contributed by atoms with van der Waals surface area (Å²) in [6.45, 7) is 2.16. The van der Waals surface area contributed by atoms with Gasteiger partial charge in [0.1, 0.15) is 68.9 Å². The molecule has 342 valence electrons. The van der Waals surface area contributed by atoms with Crippen molar-refractivity contribution in [1.82, 2.24) is 34.4 Å². The molecular formula is C50H50N10O7. The lowest BCUT2D eigenvalue weighted by Crippen LogP contribution is -2.23. The molecule has 0 atom stereocenters. The number of methoxy groups -OCH3 is 4. The fraction of sp³-hybridized carbons (Fsp3) is 0.180. The number of hydrogen-bond acceptors (Lipinski definition) is 12. The van der Waals surface area contributed by atoms with Gasteiger partial charge in [-0.25, -0.2) is 9.97 Å². The number of nitrogens with two attached hydrogens (primary N) is 2. The molecule has 1 amide bonds. The number of ether oxygens (including phenoxy) is 4. The number of nitrogens with zero attached hydrogens (tertiary/aromatic N) is 4. The number of carbonyl (C=O) groups is 1. The molecule has 9 aromatic rings. The first-order valence-corrected chi connectivity index (χ1v) is 21.4. The minimum absolute atomic E-state index is 0.0169. The first-order chi connectivity index (χ1) is 32.5. The summed E-state index contributed by atoms with van der Waals surface area (Å²) in [6, 6.07) is 32.3. The molecular weight excluding hydrogens is 853 g/mol. The van der Waals surface area contributed by atoms with E-state index < -0.39 is 0 Å². The molecule has 0 radical (unpaired) electrons. The number of carbonyl (C=O) groups excluding carboxylic acids is 1. The van der Waals surface area contributed by atoms with Gasteiger partial charge in [-0.3, -0.25) is 13.9 Å². The fourth-order valence-electron chi connectivity index (χ4n) is 8.46. The van der Waals surface area contributed by atoms with Crippen LogP contribution in [-0.2, 0) is 17.6 Å². The number of aromatic hydroxyl groups is 2. The summed E-state index contributed by atoms with van der Waals surface area (Å²) in [5.41, 5.74) is 22.5. The van der Waals surface area contributed by atoms with Crippen LogP contribution in [0.5, 0.6) is 34.5 Å². The summed E-state index contributed by atoms with van der Waals surface area (Å²) in [4.78, 5) is 28.0. The van der Waals surface area contributed by atoms with Crippen LogP contribution in [0.1, 0.15) is 18.3 Å². The summed E-state index contributed by atoms with van der Waals surface area (Å²) >= 11 is 0. The van der Waals surface area contributed by atoms with E-state index in [1.54, 1.807) is 61.8 Å². The van der Waals surface area contributed by atoms with Gasteiger partial charge in [0.2, 0.25) is 5.91 Å². The van der Waals surface area contributed by atoms with Crippen LogP contribution in [0.4, 0.5) is 17.3 Å². The van der Waals surface area contributed by atoms with E-state index in [1.165, 1.54) is 6.92 Å². The number of imidazole rings is 2. The summed E-state index contributed by atoms with van der Waals surface area (Å²) in [6.07, 6.45) is 0.669. The van der Waals surface area contributed by atoms with Crippen molar-refractivity contribution in [3.8, 4) is 79.8 Å². The predicted molar refractivity (Wildman–Crippen MR) is 260 cm³/mol. The maximum Gasteiger partial charge on any atom is 0.216 e. The van der Waals surface area contributed by atoms with Gasteiger partial charge in [0.15, 0.2) is 0 Å². The van der Waals surface area contributed by atoms with Crippen molar-refractivity contribution in [3.05, 3.63) is 115 Å². The molecule has 0 aliphatic rings. The second-order valence-corrected chi connectivity index (χ2v) is 15.8. The van der Waals surface area contributed by atoms with E-state index in [0.29, 0.717) is 92.8 Å². The first kappa shape index (κ1) is 43.5. The molecule has 0 aliphatic heterocycles. The standard InChI is InChI=1S/C50H50N10O7/c1-27(61)53-18-16-41-45(62)44(48(52)59(41)31-21-33(64-2)25-34(22-31)65-3)50-57-39-15-12-29(20-40(39)58-50)28-10-13-30(14-11-28)54-19-17-42-46(63)43(49-55-37-8-6-7-9-38(37)56-49)47(51)60(42)32-23-35(66-4)26-36(24-32)67-5/h6-15,20-26,54,62-63H,16-19,51-52H2,1-5H3,(H,53,61)(H,55,56)(H,57,58). The van der Waals surface area contributed by atoms with Crippen LogP contribution in [0, 0.1) is 0 Å². The summed E-state index contributed by atoms with van der Waals surface area (Å²) < 4.78 is 25.7. The van der Waals surface area contributed by atoms with E-state index in [1.807, 2.05) is 78.9 Å². The SMILES string of the molecule is COc1cc(OC)cc(-n2c(N)c(-c3nc4ccc(-c5ccc(NCCc6c(O)c(-c7nc8ccccc8[nH]7)c(N)n6-c6cc(OC)cc(OC)c6)cc5)cc4[nH]3)c(O)c2CCNC(C)=O)c1. The van der Waals surface area contributed by atoms with E-state index in [-0.39, 0.29) is 36.2 Å². The Hall–Kier alpha value is -8.73. The second kappa shape index (κ2) is 18.0. The van der Waals surface area contributed by atoms with E-state index in [2.05, 4.69) is 20.6 Å². The molecule has 17 nitrogen and oxygen atoms in total. The summed E-state index contributed by atoms with van der Waals surface area (Å²) in [5, 5.41) is 29.9. The zero-order valence-corrected chi connectivity index (χ0v) is 37.5. The smallest absolute Gasteiger partial charge is 0.216 e. The molecule has 10 N–H and O–H groups in total. The van der Waals surface area contributed by atoms with Crippen LogP contribution in [0.3, 0.4) is 0 Å². The lowest BCUT2D eigenvalue weighted by Gasteiger charge is -2.15. The molecule has 9 rings (SSSR count). The van der Waals surface area contributed by atoms with E-state index >= 15 is 0 Å². The van der Waals surface area contributed by atoms with Crippen molar-refractivity contribution in [2.45, 2.75) is 19.8 Å². The van der Waals surface area contributed by atoms with Crippen molar-refractivity contribution in [2.75, 3.05) is 58.3 Å². The maximum atomic E-state index is 11.9. The van der Waals surface area contributed by atoms with Crippen LogP contribution < -0.4 is 41.0 Å². The summed E-state index contributed by atoms with van der Waals surface area (Å²) in [5.74, 6) is 3.36. The van der Waals surface area contributed by atoms with Gasteiger partial charge in [-0.1, -0.05) is 30.3 Å². The number of aromatic nitrogens is 6. The van der Waals surface area contributed by atoms with Crippen LogP contribution in [0.15, 0.2) is 103 Å². The zero-order chi connectivity index (χ0) is 46.9. The molecule has 17 heteroatoms. The molecule has 0 spiro atoms. The van der Waals surface area contributed by atoms with Gasteiger partial charge in [0, 0.05) is 74.9 Å². The number of H-pyrrole nitrogens is 2. The van der Waals surface area contributed by atoms with Gasteiger partial charge in [-0.2, -0.15) is 0 Å². The number of anilines is 3. The molecule has 67 heavy (non-hydrogen) atoms. The highest BCUT2D eigenvalue weighted by atomic mass is 16.5. The van der Waals surface area contributed by atoms with Gasteiger partial charge >= 0.3 is 0 Å². The largest absolute Gasteiger partial charge is 0.505 e. The minimum Gasteiger partial charge on any atom is -0.505 e. The number of para-hydroxylation sites is 2. The molecule has 0 saturated carbocycles. The van der Waals surface area contributed by atoms with Crippen LogP contribution in [0.2, 0.25) is 0 Å². The van der Waals surface area contributed by atoms with E-state index in [4.69, 9.17) is 40.4 Å². The Morgan fingerprint density at radius 2 is 1.09 bits per heavy atom. The van der Waals surface area contributed by atoms with Crippen LogP contribution in [-0.4, -0.2) is 86.7 Å². The van der Waals surface area contributed by atoms with Crippen LogP contribution in [0.25, 0.3) is 67.3 Å². The molecule has 5 aromatic carbocycles. The highest BCUT2D eigenvalue weighted by Crippen LogP contribution is 2.44. The third kappa shape index (κ3) is 8.29. The number of fused-ring (bicyclic) bond motifs is 2. The number of hydrogen-bond donors (Lipinski definition) is 8. The fourth-order valence-corrected chi connectivity index (χ4v) is 8.46. The normalized spacial score (nSPS) is 11.3. The zero-order valence-electron chi connectivity index (χ0n) is 37.5. The molecule has 0 fully saturated rings. The number of aromatic amines is 2. The molecule has 0 aliphatic carbocycles. The molecule has 4 aromatic heterocycles. The quantitative estimate of drug-likeness (QED) is 0.0461. The number of nitrogens with one attached hydrogen (secondary N) is 4. The van der Waals surface area contributed by atoms with Crippen molar-refractivity contribution < 1.29 is 34.0 Å². The molecule has 4 heterocycles. The van der Waals surface area contributed by atoms with Crippen molar-refractivity contribution in [1.29, 1.82) is 0 Å². The van der Waals surface area contributed by atoms with Gasteiger partial charge < -0.3 is 61.2 Å². The van der Waals surface area contributed by atoms with Crippen molar-refractivity contribution in [2.24, 2.45) is 0 Å². The van der Waals surface area contributed by atoms with Crippen LogP contribution >= 0.6 is 0 Å². The van der Waals surface area contributed by atoms with Crippen molar-refractivity contribution >= 4 is 45.3 Å². The minimum atomic E-state index is -0.191. The topological polar surface area (TPSA) is 238 Å². The Balaban J connectivity index is 0.975. The maximum absolute atomic E-state index is 11.9. The average Bonchev–Trinajstić information content (AvgIpc) is 4.08. The second-order valence-electron chi connectivity index (χ2n) is 15.8. The Morgan fingerprint density at radius 1 is 0.612 bits per heavy atom. The highest BCUT2D eigenvalue weighted by Gasteiger charge is 2.28. The number of amides is 1. The number of rotatable bonds is 16. The van der Waals surface area contributed by atoms with Crippen molar-refractivity contribution in [3.63, 3.8) is 0 Å². The Kier molecular flexibility index (Phi) is 11.7. The Morgan fingerprint density at radius 3 is 1.60 bits per heavy atom.